The highest BCUT2D eigenvalue weighted by Crippen LogP contribution is 2.50. The lowest BCUT2D eigenvalue weighted by atomic mass is 10.1. The van der Waals surface area contributed by atoms with Gasteiger partial charge in [0.25, 0.3) is 0 Å². The van der Waals surface area contributed by atoms with Gasteiger partial charge >= 0.3 is 0 Å². The Bertz CT molecular complexity index is 916. The Morgan fingerprint density at radius 2 is 2.23 bits per heavy atom. The first kappa shape index (κ1) is 18.1. The molecule has 2 unspecified atom stereocenters. The van der Waals surface area contributed by atoms with Crippen LogP contribution in [0.1, 0.15) is 34.9 Å². The summed E-state index contributed by atoms with van der Waals surface area (Å²) < 4.78 is 28.5. The van der Waals surface area contributed by atoms with Crippen molar-refractivity contribution in [3.8, 4) is 12.3 Å². The van der Waals surface area contributed by atoms with Crippen molar-refractivity contribution in [3.63, 3.8) is 0 Å². The summed E-state index contributed by atoms with van der Waals surface area (Å²) in [5, 5.41) is 0.674. The Hall–Kier alpha value is -2.72. The number of terminal acetylenes is 1. The number of rotatable bonds is 4. The van der Waals surface area contributed by atoms with Crippen LogP contribution in [-0.4, -0.2) is 27.4 Å². The molecule has 1 heterocycles. The molecule has 1 aliphatic carbocycles. The van der Waals surface area contributed by atoms with Crippen molar-refractivity contribution in [2.75, 3.05) is 7.05 Å². The molecule has 0 spiro atoms. The summed E-state index contributed by atoms with van der Waals surface area (Å²) in [5.41, 5.74) is 7.22. The predicted octanol–water partition coefficient (Wildman–Crippen LogP) is 3.60. The Balaban J connectivity index is 1.80. The van der Waals surface area contributed by atoms with E-state index in [0.717, 1.165) is 6.42 Å². The van der Waals surface area contributed by atoms with Gasteiger partial charge in [-0.25, -0.2) is 18.7 Å². The average Bonchev–Trinajstić information content (AvgIpc) is 3.41. The third-order valence-electron chi connectivity index (χ3n) is 3.98. The summed E-state index contributed by atoms with van der Waals surface area (Å²) in [6.45, 7) is 0. The molecule has 3 rings (SSSR count). The van der Waals surface area contributed by atoms with Crippen molar-refractivity contribution >= 4 is 28.8 Å². The highest BCUT2D eigenvalue weighted by molar-refractivity contribution is 8.14. The Kier molecular flexibility index (Phi) is 5.33. The molecular formula is C19H16F2N4S. The van der Waals surface area contributed by atoms with Crippen LogP contribution in [-0.2, 0) is 0 Å². The predicted molar refractivity (Wildman–Crippen MR) is 102 cm³/mol. The second-order valence-electron chi connectivity index (χ2n) is 5.76. The topological polar surface area (TPSA) is 64.2 Å². The fraction of sp³-hybridized carbons (Fsp3) is 0.211. The highest BCUT2D eigenvalue weighted by Gasteiger charge is 2.41. The Morgan fingerprint density at radius 1 is 1.42 bits per heavy atom. The van der Waals surface area contributed by atoms with Crippen LogP contribution < -0.4 is 5.73 Å². The molecule has 132 valence electrons. The second kappa shape index (κ2) is 7.67. The molecule has 1 saturated carbocycles. The maximum Gasteiger partial charge on any atom is 0.153 e. The van der Waals surface area contributed by atoms with Gasteiger partial charge in [0.05, 0.1) is 12.4 Å². The van der Waals surface area contributed by atoms with E-state index in [0.29, 0.717) is 22.0 Å². The van der Waals surface area contributed by atoms with Crippen molar-refractivity contribution in [2.24, 2.45) is 10.7 Å². The summed E-state index contributed by atoms with van der Waals surface area (Å²) in [6.07, 6.45) is 9.91. The van der Waals surface area contributed by atoms with Gasteiger partial charge in [-0.1, -0.05) is 17.8 Å². The molecule has 0 bridgehead atoms. The molecule has 0 saturated heterocycles. The summed E-state index contributed by atoms with van der Waals surface area (Å²) in [5.74, 6) is 1.50. The van der Waals surface area contributed by atoms with Crippen LogP contribution in [0.3, 0.4) is 0 Å². The molecule has 4 nitrogen and oxygen atoms in total. The third-order valence-corrected chi connectivity index (χ3v) is 5.23. The van der Waals surface area contributed by atoms with E-state index in [-0.39, 0.29) is 22.7 Å². The van der Waals surface area contributed by atoms with Gasteiger partial charge in [0.1, 0.15) is 17.2 Å². The monoisotopic (exact) mass is 370 g/mol. The van der Waals surface area contributed by atoms with Crippen LogP contribution in [0.5, 0.6) is 0 Å². The first-order valence-corrected chi connectivity index (χ1v) is 8.74. The minimum atomic E-state index is -0.567. The molecule has 0 aliphatic heterocycles. The van der Waals surface area contributed by atoms with E-state index in [1.54, 1.807) is 13.1 Å². The zero-order valence-electron chi connectivity index (χ0n) is 14.0. The minimum Gasteiger partial charge on any atom is -0.379 e. The average molecular weight is 370 g/mol. The number of nitrogens with zero attached hydrogens (tertiary/aromatic N) is 3. The number of amidine groups is 1. The number of benzene rings is 1. The highest BCUT2D eigenvalue weighted by atomic mass is 32.2. The molecule has 2 N–H and O–H groups in total. The summed E-state index contributed by atoms with van der Waals surface area (Å²) in [7, 11) is 1.62. The SMILES string of the molecule is C#Cc1cnc(/C(F)=C/c2ccc(F)c(C3CC3SC(N)=NC)c2)cn1. The lowest BCUT2D eigenvalue weighted by Crippen LogP contribution is -2.07. The molecule has 1 aliphatic rings. The van der Waals surface area contributed by atoms with E-state index < -0.39 is 5.83 Å². The van der Waals surface area contributed by atoms with E-state index >= 15 is 0 Å². The summed E-state index contributed by atoms with van der Waals surface area (Å²) in [6, 6.07) is 4.52. The number of aromatic nitrogens is 2. The first-order valence-electron chi connectivity index (χ1n) is 7.86. The van der Waals surface area contributed by atoms with Crippen LogP contribution in [0, 0.1) is 18.2 Å². The smallest absolute Gasteiger partial charge is 0.153 e. The molecule has 0 radical (unpaired) electrons. The van der Waals surface area contributed by atoms with E-state index in [4.69, 9.17) is 12.2 Å². The zero-order chi connectivity index (χ0) is 18.7. The molecule has 2 aromatic rings. The fourth-order valence-electron chi connectivity index (χ4n) is 2.52. The van der Waals surface area contributed by atoms with Crippen molar-refractivity contribution in [2.45, 2.75) is 17.6 Å². The summed E-state index contributed by atoms with van der Waals surface area (Å²) in [4.78, 5) is 11.7. The van der Waals surface area contributed by atoms with Gasteiger partial charge in [0.15, 0.2) is 11.0 Å². The van der Waals surface area contributed by atoms with Crippen LogP contribution in [0.4, 0.5) is 8.78 Å². The molecule has 1 fully saturated rings. The van der Waals surface area contributed by atoms with Crippen molar-refractivity contribution in [1.29, 1.82) is 0 Å². The van der Waals surface area contributed by atoms with Gasteiger partial charge in [0.2, 0.25) is 0 Å². The molecule has 1 aromatic heterocycles. The third kappa shape index (κ3) is 4.09. The molecule has 2 atom stereocenters. The fourth-order valence-corrected chi connectivity index (χ4v) is 3.55. The number of thioether (sulfide) groups is 1. The standard InChI is InChI=1S/C19H16F2N4S/c1-3-12-9-25-17(10-24-12)16(21)7-11-4-5-15(20)13(6-11)14-8-18(14)26-19(22)23-2/h1,4-7,9-10,14,18H,8H2,2H3,(H2,22,23)/b16-7-. The Labute approximate surface area is 154 Å². The largest absolute Gasteiger partial charge is 0.379 e. The van der Waals surface area contributed by atoms with E-state index in [1.807, 2.05) is 0 Å². The minimum absolute atomic E-state index is 0.0476. The number of hydrogen-bond acceptors (Lipinski definition) is 4. The number of hydrogen-bond donors (Lipinski definition) is 1. The normalized spacial score (nSPS) is 19.9. The van der Waals surface area contributed by atoms with E-state index in [9.17, 15) is 8.78 Å². The molecule has 1 aromatic carbocycles. The van der Waals surface area contributed by atoms with E-state index in [1.165, 1.54) is 42.4 Å². The van der Waals surface area contributed by atoms with Crippen LogP contribution in [0.25, 0.3) is 11.9 Å². The molecule has 26 heavy (non-hydrogen) atoms. The van der Waals surface area contributed by atoms with Gasteiger partial charge < -0.3 is 5.73 Å². The van der Waals surface area contributed by atoms with E-state index in [2.05, 4.69) is 20.9 Å². The quantitative estimate of drug-likeness (QED) is 0.507. The zero-order valence-corrected chi connectivity index (χ0v) is 14.8. The maximum atomic E-state index is 14.4. The van der Waals surface area contributed by atoms with Gasteiger partial charge in [-0.2, -0.15) is 0 Å². The molecule has 0 amide bonds. The number of aliphatic imine (C=N–C) groups is 1. The van der Waals surface area contributed by atoms with Crippen LogP contribution >= 0.6 is 11.8 Å². The molecular weight excluding hydrogens is 354 g/mol. The van der Waals surface area contributed by atoms with Crippen molar-refractivity contribution in [3.05, 3.63) is 58.9 Å². The van der Waals surface area contributed by atoms with Crippen molar-refractivity contribution in [1.82, 2.24) is 9.97 Å². The van der Waals surface area contributed by atoms with Crippen molar-refractivity contribution < 1.29 is 8.78 Å². The number of halogens is 2. The lowest BCUT2D eigenvalue weighted by molar-refractivity contribution is 0.611. The van der Waals surface area contributed by atoms with Gasteiger partial charge in [0, 0.05) is 18.2 Å². The van der Waals surface area contributed by atoms with Gasteiger partial charge in [-0.15, -0.1) is 6.42 Å². The Morgan fingerprint density at radius 3 is 2.88 bits per heavy atom. The van der Waals surface area contributed by atoms with Crippen LogP contribution in [0.15, 0.2) is 35.6 Å². The first-order chi connectivity index (χ1) is 12.5. The van der Waals surface area contributed by atoms with Gasteiger partial charge in [-0.3, -0.25) is 4.99 Å². The maximum absolute atomic E-state index is 14.4. The molecule has 7 heteroatoms. The van der Waals surface area contributed by atoms with Crippen LogP contribution in [0.2, 0.25) is 0 Å². The lowest BCUT2D eigenvalue weighted by Gasteiger charge is -2.05. The summed E-state index contributed by atoms with van der Waals surface area (Å²) >= 11 is 1.43. The second-order valence-corrected chi connectivity index (χ2v) is 7.02. The van der Waals surface area contributed by atoms with Gasteiger partial charge in [-0.05, 0) is 41.7 Å². The number of nitrogens with two attached hydrogens (primary N) is 1.